The summed E-state index contributed by atoms with van der Waals surface area (Å²) in [4.78, 5) is 18.1. The molecule has 3 aromatic rings. The van der Waals surface area contributed by atoms with Gasteiger partial charge in [-0.1, -0.05) is 41.5 Å². The number of carbonyl (C=O) groups excluding carboxylic acids is 1. The summed E-state index contributed by atoms with van der Waals surface area (Å²) in [5.74, 6) is 0.0475. The van der Waals surface area contributed by atoms with E-state index in [2.05, 4.69) is 19.2 Å². The highest BCUT2D eigenvalue weighted by Crippen LogP contribution is 2.49. The summed E-state index contributed by atoms with van der Waals surface area (Å²) < 4.78 is 45.6. The molecule has 10 heteroatoms. The lowest BCUT2D eigenvalue weighted by Crippen LogP contribution is -2.43. The van der Waals surface area contributed by atoms with Gasteiger partial charge in [0.15, 0.2) is 11.5 Å². The van der Waals surface area contributed by atoms with E-state index in [-0.39, 0.29) is 36.7 Å². The van der Waals surface area contributed by atoms with Crippen LogP contribution >= 0.6 is 0 Å². The van der Waals surface area contributed by atoms with Crippen LogP contribution in [-0.2, 0) is 11.0 Å². The van der Waals surface area contributed by atoms with Gasteiger partial charge >= 0.3 is 0 Å². The predicted molar refractivity (Wildman–Crippen MR) is 180 cm³/mol. The molecule has 0 spiro atoms. The molecule has 1 aliphatic heterocycles. The van der Waals surface area contributed by atoms with Crippen molar-refractivity contribution >= 4 is 5.91 Å². The van der Waals surface area contributed by atoms with E-state index >= 15 is 0 Å². The van der Waals surface area contributed by atoms with E-state index in [0.717, 1.165) is 24.8 Å². The molecule has 3 N–H and O–H groups in total. The van der Waals surface area contributed by atoms with Gasteiger partial charge in [0.1, 0.15) is 35.6 Å². The number of benzene rings is 2. The monoisotopic (exact) mass is 656 g/mol. The smallest absolute Gasteiger partial charge is 0.251 e. The highest BCUT2D eigenvalue weighted by molar-refractivity contribution is 5.95. The van der Waals surface area contributed by atoms with Crippen LogP contribution in [0, 0.1) is 11.7 Å². The van der Waals surface area contributed by atoms with Crippen LogP contribution in [0.3, 0.4) is 0 Å². The summed E-state index contributed by atoms with van der Waals surface area (Å²) >= 11 is 0. The third kappa shape index (κ3) is 8.40. The first-order valence-corrected chi connectivity index (χ1v) is 16.5. The van der Waals surface area contributed by atoms with Gasteiger partial charge in [-0.15, -0.1) is 0 Å². The van der Waals surface area contributed by atoms with Crippen LogP contribution in [0.25, 0.3) is 11.3 Å². The van der Waals surface area contributed by atoms with Crippen molar-refractivity contribution in [3.05, 3.63) is 70.7 Å². The highest BCUT2D eigenvalue weighted by atomic mass is 19.1. The van der Waals surface area contributed by atoms with Gasteiger partial charge in [-0.05, 0) is 80.0 Å². The van der Waals surface area contributed by atoms with Crippen molar-refractivity contribution in [2.24, 2.45) is 5.92 Å². The molecule has 2 unspecified atom stereocenters. The lowest BCUT2D eigenvalue weighted by atomic mass is 9.77. The second-order valence-electron chi connectivity index (χ2n) is 11.9. The van der Waals surface area contributed by atoms with E-state index in [1.165, 1.54) is 38.3 Å². The lowest BCUT2D eigenvalue weighted by molar-refractivity contribution is 0.00924. The van der Waals surface area contributed by atoms with Gasteiger partial charge in [0.05, 0.1) is 32.6 Å². The maximum absolute atomic E-state index is 14.4. The Labute approximate surface area is 277 Å². The predicted octanol–water partition coefficient (Wildman–Crippen LogP) is 7.44. The number of aliphatic hydroxyl groups excluding tert-OH is 1. The lowest BCUT2D eigenvalue weighted by Gasteiger charge is -2.36. The number of methoxy groups -OCH3 is 1. The van der Waals surface area contributed by atoms with Crippen LogP contribution in [0.15, 0.2) is 42.5 Å². The molecule has 1 amide bonds. The van der Waals surface area contributed by atoms with E-state index in [1.807, 2.05) is 33.8 Å². The molecular weight excluding hydrogens is 606 g/mol. The molecule has 0 bridgehead atoms. The molecule has 47 heavy (non-hydrogen) atoms. The van der Waals surface area contributed by atoms with Gasteiger partial charge < -0.3 is 29.7 Å². The first-order valence-electron chi connectivity index (χ1n) is 16.5. The number of fused-ring (bicyclic) bond motifs is 1. The number of hydrogen-bond acceptors (Lipinski definition) is 7. The number of nitrogens with zero attached hydrogens (tertiary/aromatic N) is 1. The van der Waals surface area contributed by atoms with E-state index < -0.39 is 23.5 Å². The zero-order chi connectivity index (χ0) is 34.9. The summed E-state index contributed by atoms with van der Waals surface area (Å²) in [5, 5.41) is 24.1. The molecule has 1 aliphatic carbocycles. The standard InChI is InChI=1S/C33H38F2N2O6.2C2H6/c1-19(34)23-15-20(5-9-25(23)35)29-30-24(32(2,3)11-13-43-30)17-28(37-29)33(40,22-7-8-22)18-36-31(39)21-6-10-26(42-14-12-38)27(16-21)41-4;2*1-2/h5-6,9-10,15-17,19,22,38,40H,7-8,11-14,18H2,1-4H3,(H,36,39);2*1-2H3. The van der Waals surface area contributed by atoms with Crippen LogP contribution in [0.5, 0.6) is 17.2 Å². The number of aromatic nitrogens is 1. The summed E-state index contributed by atoms with van der Waals surface area (Å²) in [7, 11) is 1.46. The number of alkyl halides is 1. The fourth-order valence-corrected chi connectivity index (χ4v) is 5.54. The maximum atomic E-state index is 14.4. The fourth-order valence-electron chi connectivity index (χ4n) is 5.54. The summed E-state index contributed by atoms with van der Waals surface area (Å²) in [6, 6.07) is 10.7. The molecule has 2 aromatic carbocycles. The summed E-state index contributed by atoms with van der Waals surface area (Å²) in [6.45, 7) is 13.7. The molecule has 1 fully saturated rings. The number of ether oxygens (including phenoxy) is 3. The number of carbonyl (C=O) groups is 1. The minimum Gasteiger partial charge on any atom is -0.493 e. The van der Waals surface area contributed by atoms with Gasteiger partial charge in [-0.25, -0.2) is 13.8 Å². The van der Waals surface area contributed by atoms with Crippen molar-refractivity contribution in [3.8, 4) is 28.5 Å². The third-order valence-electron chi connectivity index (χ3n) is 8.36. The minimum absolute atomic E-state index is 0.0820. The molecule has 258 valence electrons. The average Bonchev–Trinajstić information content (AvgIpc) is 3.94. The Kier molecular flexibility index (Phi) is 13.1. The minimum atomic E-state index is -1.52. The van der Waals surface area contributed by atoms with E-state index in [0.29, 0.717) is 46.4 Å². The van der Waals surface area contributed by atoms with Gasteiger partial charge in [-0.3, -0.25) is 4.79 Å². The van der Waals surface area contributed by atoms with Crippen LogP contribution in [0.4, 0.5) is 8.78 Å². The quantitative estimate of drug-likeness (QED) is 0.197. The number of hydrogen-bond donors (Lipinski definition) is 3. The average molecular weight is 657 g/mol. The molecule has 2 atom stereocenters. The largest absolute Gasteiger partial charge is 0.493 e. The molecule has 0 saturated heterocycles. The summed E-state index contributed by atoms with van der Waals surface area (Å²) in [6.07, 6.45) is 0.720. The first kappa shape index (κ1) is 37.7. The second kappa shape index (κ2) is 16.4. The van der Waals surface area contributed by atoms with E-state index in [4.69, 9.17) is 24.3 Å². The van der Waals surface area contributed by atoms with Gasteiger partial charge in [-0.2, -0.15) is 0 Å². The molecule has 2 aliphatic rings. The second-order valence-corrected chi connectivity index (χ2v) is 11.9. The zero-order valence-electron chi connectivity index (χ0n) is 28.9. The van der Waals surface area contributed by atoms with Crippen molar-refractivity contribution in [2.45, 2.75) is 84.9 Å². The van der Waals surface area contributed by atoms with Crippen LogP contribution in [-0.4, -0.2) is 54.6 Å². The number of aliphatic hydroxyl groups is 2. The van der Waals surface area contributed by atoms with Crippen molar-refractivity contribution in [2.75, 3.05) is 33.5 Å². The van der Waals surface area contributed by atoms with Crippen LogP contribution < -0.4 is 19.5 Å². The molecule has 8 nitrogen and oxygen atoms in total. The first-order chi connectivity index (χ1) is 22.5. The van der Waals surface area contributed by atoms with Gasteiger partial charge in [0.25, 0.3) is 5.91 Å². The van der Waals surface area contributed by atoms with Crippen LogP contribution in [0.1, 0.15) is 101 Å². The fraction of sp³-hybridized carbons (Fsp3) is 0.514. The number of amides is 1. The molecule has 0 radical (unpaired) electrons. The van der Waals surface area contributed by atoms with Gasteiger partial charge in [0, 0.05) is 22.3 Å². The molecule has 2 heterocycles. The Morgan fingerprint density at radius 1 is 1.13 bits per heavy atom. The normalized spacial score (nSPS) is 16.4. The maximum Gasteiger partial charge on any atom is 0.251 e. The SMILES string of the molecule is CC.CC.COc1cc(C(=O)NCC(O)(c2cc3c(c(-c4ccc(F)c(C(C)F)c4)n2)OCCC3(C)C)C2CC2)ccc1OCCO. The number of nitrogens with one attached hydrogen (secondary N) is 1. The molecular formula is C37H50F2N2O6. The Balaban J connectivity index is 0.00000144. The number of rotatable bonds is 11. The van der Waals surface area contributed by atoms with Crippen molar-refractivity contribution < 1.29 is 38.0 Å². The topological polar surface area (TPSA) is 110 Å². The van der Waals surface area contributed by atoms with E-state index in [9.17, 15) is 18.7 Å². The Bertz CT molecular complexity index is 1510. The number of pyridine rings is 1. The summed E-state index contributed by atoms with van der Waals surface area (Å²) in [5.41, 5.74) is 0.488. The Morgan fingerprint density at radius 2 is 1.83 bits per heavy atom. The molecule has 1 aromatic heterocycles. The van der Waals surface area contributed by atoms with E-state index in [1.54, 1.807) is 12.1 Å². The Morgan fingerprint density at radius 3 is 2.45 bits per heavy atom. The molecule has 5 rings (SSSR count). The van der Waals surface area contributed by atoms with Crippen molar-refractivity contribution in [3.63, 3.8) is 0 Å². The van der Waals surface area contributed by atoms with Crippen LogP contribution in [0.2, 0.25) is 0 Å². The van der Waals surface area contributed by atoms with Crippen molar-refractivity contribution in [1.82, 2.24) is 10.3 Å². The van der Waals surface area contributed by atoms with Gasteiger partial charge in [0.2, 0.25) is 0 Å². The third-order valence-corrected chi connectivity index (χ3v) is 8.36. The molecule has 1 saturated carbocycles. The highest BCUT2D eigenvalue weighted by Gasteiger charge is 2.48. The van der Waals surface area contributed by atoms with Crippen molar-refractivity contribution in [1.29, 1.82) is 0 Å². The Hall–Kier alpha value is -3.76. The number of halogens is 2. The zero-order valence-corrected chi connectivity index (χ0v) is 28.9.